The molecule has 1 aromatic heterocycles. The second kappa shape index (κ2) is 11.5. The second-order valence-electron chi connectivity index (χ2n) is 10.7. The minimum atomic E-state index is -0.787. The molecular formula is C25H37Cl3FN3O. The number of imidazole rings is 1. The molecule has 8 heteroatoms. The molecule has 4 nitrogen and oxygen atoms in total. The Labute approximate surface area is 212 Å². The summed E-state index contributed by atoms with van der Waals surface area (Å²) >= 11 is 19.3. The standard InChI is InChI=1S/C25H37Cl3FN3O/c1-15-30-6-7-32(15)14-17-8-18(21-4-3-20(29)12-23(21)27)11-19(9-17)25(33)31-13-16-2-5-22(26)24(28)10-16/h6-7,16-24H,2-5,8-14H2,1H3,(H,31,33). The molecule has 3 aliphatic rings. The predicted octanol–water partition coefficient (Wildman–Crippen LogP) is 6.10. The van der Waals surface area contributed by atoms with E-state index in [2.05, 4.69) is 14.9 Å². The van der Waals surface area contributed by atoms with E-state index in [-0.39, 0.29) is 33.9 Å². The molecule has 3 fully saturated rings. The van der Waals surface area contributed by atoms with Gasteiger partial charge >= 0.3 is 0 Å². The van der Waals surface area contributed by atoms with Crippen LogP contribution in [0.1, 0.15) is 63.6 Å². The van der Waals surface area contributed by atoms with Crippen molar-refractivity contribution >= 4 is 40.7 Å². The third-order valence-corrected chi connectivity index (χ3v) is 9.96. The molecule has 9 unspecified atom stereocenters. The van der Waals surface area contributed by atoms with Gasteiger partial charge in [0.25, 0.3) is 0 Å². The highest BCUT2D eigenvalue weighted by Gasteiger charge is 2.41. The van der Waals surface area contributed by atoms with Crippen LogP contribution in [-0.4, -0.2) is 44.3 Å². The zero-order valence-corrected chi connectivity index (χ0v) is 21.7. The molecule has 1 amide bonds. The summed E-state index contributed by atoms with van der Waals surface area (Å²) in [7, 11) is 0. The summed E-state index contributed by atoms with van der Waals surface area (Å²) in [6, 6.07) is 0. The van der Waals surface area contributed by atoms with Crippen molar-refractivity contribution in [2.24, 2.45) is 29.6 Å². The second-order valence-corrected chi connectivity index (χ2v) is 12.4. The van der Waals surface area contributed by atoms with Crippen molar-refractivity contribution in [3.63, 3.8) is 0 Å². The van der Waals surface area contributed by atoms with E-state index in [1.165, 1.54) is 0 Å². The molecule has 0 saturated heterocycles. The van der Waals surface area contributed by atoms with Gasteiger partial charge < -0.3 is 9.88 Å². The fraction of sp³-hybridized carbons (Fsp3) is 0.840. The third kappa shape index (κ3) is 6.58. The van der Waals surface area contributed by atoms with Crippen LogP contribution in [-0.2, 0) is 11.3 Å². The van der Waals surface area contributed by atoms with Gasteiger partial charge in [-0.1, -0.05) is 0 Å². The summed E-state index contributed by atoms with van der Waals surface area (Å²) in [5.74, 6) is 2.54. The molecule has 0 radical (unpaired) electrons. The average Bonchev–Trinajstić information content (AvgIpc) is 3.18. The molecule has 33 heavy (non-hydrogen) atoms. The van der Waals surface area contributed by atoms with Crippen LogP contribution in [0.25, 0.3) is 0 Å². The van der Waals surface area contributed by atoms with Crippen LogP contribution < -0.4 is 5.32 Å². The highest BCUT2D eigenvalue weighted by molar-refractivity contribution is 6.30. The SMILES string of the molecule is Cc1nccn1CC1CC(C(=O)NCC2CCC(Cl)C(Cl)C2)CC(C2CCC(F)CC2Cl)C1. The Morgan fingerprint density at radius 3 is 2.55 bits per heavy atom. The maximum Gasteiger partial charge on any atom is 0.223 e. The molecule has 3 aliphatic carbocycles. The molecule has 1 N–H and O–H groups in total. The minimum Gasteiger partial charge on any atom is -0.356 e. The van der Waals surface area contributed by atoms with Crippen LogP contribution in [0.5, 0.6) is 0 Å². The van der Waals surface area contributed by atoms with E-state index in [0.717, 1.165) is 57.3 Å². The van der Waals surface area contributed by atoms with Gasteiger partial charge in [-0.25, -0.2) is 9.37 Å². The number of nitrogens with one attached hydrogen (secondary N) is 1. The number of hydrogen-bond donors (Lipinski definition) is 1. The Morgan fingerprint density at radius 2 is 1.85 bits per heavy atom. The Hall–Kier alpha value is -0.520. The van der Waals surface area contributed by atoms with Gasteiger partial charge in [-0.05, 0) is 88.4 Å². The monoisotopic (exact) mass is 519 g/mol. The number of amides is 1. The fourth-order valence-corrected chi connectivity index (χ4v) is 7.56. The summed E-state index contributed by atoms with van der Waals surface area (Å²) in [5, 5.41) is 3.12. The third-order valence-electron chi connectivity index (χ3n) is 8.32. The van der Waals surface area contributed by atoms with Crippen molar-refractivity contribution in [3.05, 3.63) is 18.2 Å². The van der Waals surface area contributed by atoms with Gasteiger partial charge in [0.1, 0.15) is 12.0 Å². The number of carbonyl (C=O) groups is 1. The lowest BCUT2D eigenvalue weighted by atomic mass is 9.66. The zero-order valence-electron chi connectivity index (χ0n) is 19.4. The molecule has 9 atom stereocenters. The number of nitrogens with zero attached hydrogens (tertiary/aromatic N) is 2. The first-order valence-corrected chi connectivity index (χ1v) is 13.9. The number of hydrogen-bond acceptors (Lipinski definition) is 2. The van der Waals surface area contributed by atoms with Gasteiger partial charge in [-0.15, -0.1) is 34.8 Å². The maximum absolute atomic E-state index is 13.9. The topological polar surface area (TPSA) is 46.9 Å². The van der Waals surface area contributed by atoms with Gasteiger partial charge in [0.2, 0.25) is 5.91 Å². The van der Waals surface area contributed by atoms with E-state index in [9.17, 15) is 9.18 Å². The average molecular weight is 521 g/mol. The molecule has 0 aliphatic heterocycles. The first-order chi connectivity index (χ1) is 15.8. The van der Waals surface area contributed by atoms with Crippen molar-refractivity contribution < 1.29 is 9.18 Å². The normalized spacial score (nSPS) is 39.8. The number of halogens is 4. The predicted molar refractivity (Wildman–Crippen MR) is 133 cm³/mol. The largest absolute Gasteiger partial charge is 0.356 e. The van der Waals surface area contributed by atoms with Crippen LogP contribution in [0.15, 0.2) is 12.4 Å². The first kappa shape index (κ1) is 25.6. The maximum atomic E-state index is 13.9. The molecule has 1 aromatic rings. The molecule has 0 aromatic carbocycles. The van der Waals surface area contributed by atoms with Gasteiger partial charge in [0, 0.05) is 42.2 Å². The molecule has 1 heterocycles. The van der Waals surface area contributed by atoms with Crippen LogP contribution in [0.3, 0.4) is 0 Å². The van der Waals surface area contributed by atoms with Gasteiger partial charge in [0.05, 0.1) is 5.38 Å². The van der Waals surface area contributed by atoms with Crippen molar-refractivity contribution in [2.45, 2.75) is 93.6 Å². The van der Waals surface area contributed by atoms with Crippen LogP contribution in [0.4, 0.5) is 4.39 Å². The highest BCUT2D eigenvalue weighted by Crippen LogP contribution is 2.45. The lowest BCUT2D eigenvalue weighted by molar-refractivity contribution is -0.128. The molecule has 186 valence electrons. The number of aryl methyl sites for hydroxylation is 1. The van der Waals surface area contributed by atoms with E-state index >= 15 is 0 Å². The number of carbonyl (C=O) groups excluding carboxylic acids is 1. The van der Waals surface area contributed by atoms with E-state index in [0.29, 0.717) is 37.1 Å². The van der Waals surface area contributed by atoms with Crippen molar-refractivity contribution in [1.82, 2.24) is 14.9 Å². The van der Waals surface area contributed by atoms with Crippen LogP contribution in [0, 0.1) is 36.5 Å². The smallest absolute Gasteiger partial charge is 0.223 e. The van der Waals surface area contributed by atoms with Crippen molar-refractivity contribution in [3.8, 4) is 0 Å². The van der Waals surface area contributed by atoms with Crippen molar-refractivity contribution in [1.29, 1.82) is 0 Å². The molecule has 0 spiro atoms. The van der Waals surface area contributed by atoms with E-state index in [4.69, 9.17) is 34.8 Å². The van der Waals surface area contributed by atoms with Gasteiger partial charge in [0.15, 0.2) is 0 Å². The van der Waals surface area contributed by atoms with Crippen LogP contribution in [0.2, 0.25) is 0 Å². The number of aromatic nitrogens is 2. The summed E-state index contributed by atoms with van der Waals surface area (Å²) in [6.45, 7) is 3.55. The van der Waals surface area contributed by atoms with E-state index in [1.807, 2.05) is 19.3 Å². The summed E-state index contributed by atoms with van der Waals surface area (Å²) in [5.41, 5.74) is 0. The lowest BCUT2D eigenvalue weighted by Gasteiger charge is -2.42. The fourth-order valence-electron chi connectivity index (χ4n) is 6.43. The first-order valence-electron chi connectivity index (χ1n) is 12.6. The quantitative estimate of drug-likeness (QED) is 0.461. The van der Waals surface area contributed by atoms with E-state index in [1.54, 1.807) is 0 Å². The Kier molecular flexibility index (Phi) is 8.89. The lowest BCUT2D eigenvalue weighted by Crippen LogP contribution is -2.43. The highest BCUT2D eigenvalue weighted by atomic mass is 35.5. The minimum absolute atomic E-state index is 0.0181. The molecular weight excluding hydrogens is 484 g/mol. The van der Waals surface area contributed by atoms with Gasteiger partial charge in [-0.2, -0.15) is 0 Å². The number of rotatable bonds is 6. The zero-order chi connectivity index (χ0) is 23.5. The Morgan fingerprint density at radius 1 is 1.03 bits per heavy atom. The van der Waals surface area contributed by atoms with Crippen molar-refractivity contribution in [2.75, 3.05) is 6.54 Å². The van der Waals surface area contributed by atoms with Gasteiger partial charge in [-0.3, -0.25) is 4.79 Å². The Bertz CT molecular complexity index is 793. The van der Waals surface area contributed by atoms with E-state index < -0.39 is 6.17 Å². The van der Waals surface area contributed by atoms with Crippen LogP contribution >= 0.6 is 34.8 Å². The summed E-state index contributed by atoms with van der Waals surface area (Å²) in [4.78, 5) is 17.6. The summed E-state index contributed by atoms with van der Waals surface area (Å²) in [6.07, 6.45) is 10.4. The molecule has 0 bridgehead atoms. The summed E-state index contributed by atoms with van der Waals surface area (Å²) < 4.78 is 16.1. The Balaban J connectivity index is 1.40. The molecule has 3 saturated carbocycles. The number of alkyl halides is 4. The molecule has 4 rings (SSSR count).